The molecule has 5 nitrogen and oxygen atoms in total. The molecular formula is C17H27N3O2S. The number of carbonyl (C=O) groups is 1. The zero-order valence-corrected chi connectivity index (χ0v) is 15.6. The Bertz CT molecular complexity index is 695. The van der Waals surface area contributed by atoms with Crippen LogP contribution in [0.3, 0.4) is 0 Å². The van der Waals surface area contributed by atoms with Crippen molar-refractivity contribution in [3.8, 4) is 0 Å². The summed E-state index contributed by atoms with van der Waals surface area (Å²) >= 11 is 1.45. The molecule has 2 heterocycles. The van der Waals surface area contributed by atoms with Gasteiger partial charge in [-0.05, 0) is 23.8 Å². The van der Waals surface area contributed by atoms with Crippen molar-refractivity contribution in [3.05, 3.63) is 16.6 Å². The van der Waals surface area contributed by atoms with E-state index in [0.29, 0.717) is 10.8 Å². The zero-order valence-electron chi connectivity index (χ0n) is 14.8. The Morgan fingerprint density at radius 2 is 2.09 bits per heavy atom. The molecule has 0 saturated heterocycles. The van der Waals surface area contributed by atoms with Gasteiger partial charge in [0, 0.05) is 12.4 Å². The van der Waals surface area contributed by atoms with Crippen molar-refractivity contribution >= 4 is 27.5 Å². The third-order valence-electron chi connectivity index (χ3n) is 3.73. The molecule has 2 N–H and O–H groups in total. The number of aliphatic hydroxyl groups is 1. The molecule has 6 heteroatoms. The Balaban J connectivity index is 2.22. The molecule has 2 aromatic heterocycles. The molecule has 0 aromatic carbocycles. The second kappa shape index (κ2) is 6.61. The minimum Gasteiger partial charge on any atom is -0.394 e. The molecule has 0 saturated carbocycles. The molecule has 1 amide bonds. The van der Waals surface area contributed by atoms with E-state index in [1.165, 1.54) is 11.3 Å². The molecule has 2 aromatic rings. The SMILES string of the molecule is CC(C)c1nn(C)c2sc(C(=O)NC(CO)CC(C)(C)C)cc12. The Labute approximate surface area is 141 Å². The summed E-state index contributed by atoms with van der Waals surface area (Å²) in [6.45, 7) is 10.5. The maximum Gasteiger partial charge on any atom is 0.261 e. The molecule has 128 valence electrons. The highest BCUT2D eigenvalue weighted by Crippen LogP contribution is 2.31. The lowest BCUT2D eigenvalue weighted by molar-refractivity contribution is 0.0902. The van der Waals surface area contributed by atoms with Crippen LogP contribution in [-0.2, 0) is 7.05 Å². The average Bonchev–Trinajstić information content (AvgIpc) is 2.97. The topological polar surface area (TPSA) is 67.2 Å². The summed E-state index contributed by atoms with van der Waals surface area (Å²) in [5.74, 6) is 0.194. The fourth-order valence-corrected chi connectivity index (χ4v) is 3.74. The summed E-state index contributed by atoms with van der Waals surface area (Å²) in [5, 5.41) is 18.1. The van der Waals surface area contributed by atoms with Crippen LogP contribution >= 0.6 is 11.3 Å². The van der Waals surface area contributed by atoms with Gasteiger partial charge < -0.3 is 10.4 Å². The highest BCUT2D eigenvalue weighted by atomic mass is 32.1. The first-order valence-electron chi connectivity index (χ1n) is 8.00. The van der Waals surface area contributed by atoms with Gasteiger partial charge in [0.05, 0.1) is 23.2 Å². The number of aryl methyl sites for hydroxylation is 1. The highest BCUT2D eigenvalue weighted by Gasteiger charge is 2.23. The summed E-state index contributed by atoms with van der Waals surface area (Å²) in [4.78, 5) is 14.2. The van der Waals surface area contributed by atoms with Crippen LogP contribution < -0.4 is 5.32 Å². The van der Waals surface area contributed by atoms with Crippen LogP contribution in [0, 0.1) is 5.41 Å². The van der Waals surface area contributed by atoms with Crippen molar-refractivity contribution in [2.24, 2.45) is 12.5 Å². The largest absolute Gasteiger partial charge is 0.394 e. The Hall–Kier alpha value is -1.40. The normalized spacial score (nSPS) is 13.7. The van der Waals surface area contributed by atoms with Crippen molar-refractivity contribution in [2.75, 3.05) is 6.61 Å². The highest BCUT2D eigenvalue weighted by molar-refractivity contribution is 7.20. The van der Waals surface area contributed by atoms with E-state index in [4.69, 9.17) is 0 Å². The lowest BCUT2D eigenvalue weighted by Gasteiger charge is -2.25. The van der Waals surface area contributed by atoms with Gasteiger partial charge in [-0.25, -0.2) is 0 Å². The van der Waals surface area contributed by atoms with E-state index in [-0.39, 0.29) is 24.0 Å². The first-order chi connectivity index (χ1) is 10.6. The predicted octanol–water partition coefficient (Wildman–Crippen LogP) is 3.29. The molecule has 23 heavy (non-hydrogen) atoms. The lowest BCUT2D eigenvalue weighted by atomic mass is 9.88. The molecule has 0 radical (unpaired) electrons. The summed E-state index contributed by atoms with van der Waals surface area (Å²) in [5.41, 5.74) is 1.07. The van der Waals surface area contributed by atoms with Crippen molar-refractivity contribution < 1.29 is 9.90 Å². The monoisotopic (exact) mass is 337 g/mol. The van der Waals surface area contributed by atoms with E-state index in [2.05, 4.69) is 45.0 Å². The zero-order chi connectivity index (χ0) is 17.4. The number of fused-ring (bicyclic) bond motifs is 1. The van der Waals surface area contributed by atoms with E-state index in [1.54, 1.807) is 0 Å². The van der Waals surface area contributed by atoms with E-state index in [1.807, 2.05) is 17.8 Å². The lowest BCUT2D eigenvalue weighted by Crippen LogP contribution is -2.39. The second-order valence-corrected chi connectivity index (χ2v) is 8.64. The standard InChI is InChI=1S/C17H27N3O2S/c1-10(2)14-12-7-13(23-16(12)20(6)19-14)15(22)18-11(9-21)8-17(3,4)5/h7,10-11,21H,8-9H2,1-6H3,(H,18,22). The summed E-state index contributed by atoms with van der Waals surface area (Å²) in [7, 11) is 1.91. The fourth-order valence-electron chi connectivity index (χ4n) is 2.76. The van der Waals surface area contributed by atoms with Crippen LogP contribution in [0.25, 0.3) is 10.2 Å². The van der Waals surface area contributed by atoms with Crippen molar-refractivity contribution in [1.29, 1.82) is 0 Å². The molecule has 0 aliphatic carbocycles. The Morgan fingerprint density at radius 3 is 2.61 bits per heavy atom. The Morgan fingerprint density at radius 1 is 1.43 bits per heavy atom. The first-order valence-corrected chi connectivity index (χ1v) is 8.82. The number of thiophene rings is 1. The van der Waals surface area contributed by atoms with Crippen molar-refractivity contribution in [3.63, 3.8) is 0 Å². The second-order valence-electron chi connectivity index (χ2n) is 7.61. The van der Waals surface area contributed by atoms with Gasteiger partial charge in [0.25, 0.3) is 5.91 Å². The molecule has 0 fully saturated rings. The molecule has 0 spiro atoms. The number of amides is 1. The molecule has 0 bridgehead atoms. The maximum absolute atomic E-state index is 12.5. The summed E-state index contributed by atoms with van der Waals surface area (Å²) in [6, 6.07) is 1.69. The van der Waals surface area contributed by atoms with Gasteiger partial charge in [0.15, 0.2) is 0 Å². The quantitative estimate of drug-likeness (QED) is 0.880. The smallest absolute Gasteiger partial charge is 0.261 e. The number of nitrogens with one attached hydrogen (secondary N) is 1. The van der Waals surface area contributed by atoms with Crippen LogP contribution in [-0.4, -0.2) is 33.4 Å². The van der Waals surface area contributed by atoms with Gasteiger partial charge in [-0.1, -0.05) is 34.6 Å². The third-order valence-corrected chi connectivity index (χ3v) is 4.93. The van der Waals surface area contributed by atoms with E-state index in [9.17, 15) is 9.90 Å². The minimum absolute atomic E-state index is 0.0489. The predicted molar refractivity (Wildman–Crippen MR) is 95.1 cm³/mol. The molecular weight excluding hydrogens is 310 g/mol. The van der Waals surface area contributed by atoms with Gasteiger partial charge >= 0.3 is 0 Å². The average molecular weight is 337 g/mol. The summed E-state index contributed by atoms with van der Waals surface area (Å²) < 4.78 is 1.84. The van der Waals surface area contributed by atoms with Crippen molar-refractivity contribution in [2.45, 2.75) is 53.0 Å². The molecule has 1 unspecified atom stereocenters. The number of hydrogen-bond acceptors (Lipinski definition) is 4. The third kappa shape index (κ3) is 4.12. The number of rotatable bonds is 5. The van der Waals surface area contributed by atoms with E-state index in [0.717, 1.165) is 22.3 Å². The van der Waals surface area contributed by atoms with Crippen LogP contribution in [0.5, 0.6) is 0 Å². The van der Waals surface area contributed by atoms with Crippen LogP contribution in [0.1, 0.15) is 62.3 Å². The number of aromatic nitrogens is 2. The minimum atomic E-state index is -0.226. The van der Waals surface area contributed by atoms with Gasteiger partial charge in [-0.2, -0.15) is 5.10 Å². The van der Waals surface area contributed by atoms with E-state index < -0.39 is 0 Å². The van der Waals surface area contributed by atoms with Crippen molar-refractivity contribution in [1.82, 2.24) is 15.1 Å². The van der Waals surface area contributed by atoms with E-state index >= 15 is 0 Å². The molecule has 0 aliphatic rings. The molecule has 2 rings (SSSR count). The summed E-state index contributed by atoms with van der Waals surface area (Å²) in [6.07, 6.45) is 0.735. The van der Waals surface area contributed by atoms with Crippen LogP contribution in [0.2, 0.25) is 0 Å². The number of carbonyl (C=O) groups excluding carboxylic acids is 1. The van der Waals surface area contributed by atoms with Gasteiger partial charge in [0.1, 0.15) is 4.83 Å². The van der Waals surface area contributed by atoms with Gasteiger partial charge in [-0.3, -0.25) is 9.48 Å². The first kappa shape index (κ1) is 17.9. The number of hydrogen-bond donors (Lipinski definition) is 2. The number of aliphatic hydroxyl groups excluding tert-OH is 1. The number of nitrogens with zero attached hydrogens (tertiary/aromatic N) is 2. The molecule has 1 atom stereocenters. The fraction of sp³-hybridized carbons (Fsp3) is 0.647. The van der Waals surface area contributed by atoms with Crippen LogP contribution in [0.15, 0.2) is 6.07 Å². The Kier molecular flexibility index (Phi) is 5.16. The molecule has 0 aliphatic heterocycles. The van der Waals surface area contributed by atoms with Crippen LogP contribution in [0.4, 0.5) is 0 Å². The van der Waals surface area contributed by atoms with Gasteiger partial charge in [0.2, 0.25) is 0 Å². The van der Waals surface area contributed by atoms with Gasteiger partial charge in [-0.15, -0.1) is 11.3 Å². The maximum atomic E-state index is 12.5.